The average molecular weight is 1460 g/mol. The van der Waals surface area contributed by atoms with Gasteiger partial charge in [0.15, 0.2) is 34.7 Å². The minimum atomic E-state index is -0.985. The number of phenols is 1. The summed E-state index contributed by atoms with van der Waals surface area (Å²) >= 11 is 0. The van der Waals surface area contributed by atoms with E-state index in [2.05, 4.69) is 56.5 Å². The number of aromatic amines is 3. The number of ketones is 3. The van der Waals surface area contributed by atoms with Crippen LogP contribution >= 0.6 is 0 Å². The van der Waals surface area contributed by atoms with Crippen molar-refractivity contribution in [2.45, 2.75) is 54.3 Å². The third kappa shape index (κ3) is 30.5. The molecule has 0 atom stereocenters. The van der Waals surface area contributed by atoms with Crippen molar-refractivity contribution in [1.29, 1.82) is 0 Å². The number of carbonyl (C=O) groups excluding carboxylic acids is 7. The number of nitrogens with two attached hydrogens (primary N) is 2. The summed E-state index contributed by atoms with van der Waals surface area (Å²) in [5, 5.41) is 38.2. The Balaban J connectivity index is 0.000000627. The number of aliphatic hydroxyl groups excluding tert-OH is 1. The van der Waals surface area contributed by atoms with Gasteiger partial charge in [0.1, 0.15) is 41.0 Å². The molecule has 554 valence electrons. The second-order valence-electron chi connectivity index (χ2n) is 20.0. The molecule has 0 aliphatic rings. The standard InChI is InChI=1S/C17H15FN2O2.C13H14N2O3.C13H14O5.C11H12N2O2.C9H10O2.C6H5FO.C6H10O4.H4N2.Na.H/c1-21-16-8-4-2-6-13(16)15-10-12(19-20-15)11-22-17-9-5-3-7-14(17)18;1-3-18-13(16)11-8-10(14-15-11)9-6-4-5-7-12(9)17-2;1-3-18-13(16)11(15)8-10(14)9-6-4-5-7-12(9)17-2;1-15-11-5-3-2-4-9(11)10-6-8(7-14)12-13-10;1-7(10)8-5-3-4-6-9(8)11-2;7-5-3-1-2-4-6(5)8;1-3-9-5(7)6(8)10-4-2;1-2;;/h2-10H,11H2,1H3,(H,19,20);4-8H,3H2,1-2H3,(H,14,15);4-7H,3,8H2,1-2H3;2-6,14H,7H2,1H3,(H,12,13);3-6H,1-2H3;1-4,8H;3-4H2,1-2H3;1-2H2;;/q;;;;;;;;+1;-1. The van der Waals surface area contributed by atoms with Crippen LogP contribution in [0.5, 0.6) is 40.2 Å². The van der Waals surface area contributed by atoms with Gasteiger partial charge in [-0.2, -0.15) is 15.3 Å². The van der Waals surface area contributed by atoms with Crippen LogP contribution in [0.2, 0.25) is 0 Å². The van der Waals surface area contributed by atoms with Crippen molar-refractivity contribution in [2.75, 3.05) is 62.0 Å². The number of ether oxygens (including phenoxy) is 10. The van der Waals surface area contributed by atoms with Crippen molar-refractivity contribution in [1.82, 2.24) is 30.6 Å². The summed E-state index contributed by atoms with van der Waals surface area (Å²) in [4.78, 5) is 77.7. The predicted octanol–water partition coefficient (Wildman–Crippen LogP) is 8.52. The Kier molecular flexibility index (Phi) is 43.2. The number of hydrogen-bond acceptors (Lipinski definition) is 24. The van der Waals surface area contributed by atoms with Gasteiger partial charge in [0.2, 0.25) is 5.78 Å². The molecule has 27 nitrogen and oxygen atoms in total. The van der Waals surface area contributed by atoms with E-state index >= 15 is 0 Å². The van der Waals surface area contributed by atoms with Crippen LogP contribution in [0.25, 0.3) is 33.8 Å². The summed E-state index contributed by atoms with van der Waals surface area (Å²) < 4.78 is 74.9. The number of nitrogens with one attached hydrogen (secondary N) is 3. The quantitative estimate of drug-likeness (QED) is 0.00488. The first-order valence-corrected chi connectivity index (χ1v) is 31.6. The average Bonchev–Trinajstić information content (AvgIpc) is 1.34. The minimum Gasteiger partial charge on any atom is -1.00 e. The fraction of sp³-hybridized carbons (Fsp3) is 0.227. The van der Waals surface area contributed by atoms with Crippen LogP contribution < -0.4 is 69.7 Å². The number of phenolic OH excluding ortho intramolecular Hbond substituents is 1. The number of rotatable bonds is 22. The molecule has 0 radical (unpaired) electrons. The van der Waals surface area contributed by atoms with Crippen LogP contribution in [-0.4, -0.2) is 144 Å². The second-order valence-corrected chi connectivity index (χ2v) is 20.0. The topological polar surface area (TPSA) is 390 Å². The summed E-state index contributed by atoms with van der Waals surface area (Å²) in [5.74, 6) is 5.66. The molecule has 0 aliphatic carbocycles. The number of hydrazine groups is 1. The maximum Gasteiger partial charge on any atom is 1.00 e. The third-order valence-electron chi connectivity index (χ3n) is 13.2. The molecule has 0 spiro atoms. The summed E-state index contributed by atoms with van der Waals surface area (Å²) in [6.45, 7) is 9.12. The molecule has 0 amide bonds. The fourth-order valence-electron chi connectivity index (χ4n) is 8.38. The molecule has 10 rings (SSSR count). The number of aromatic nitrogens is 6. The number of hydrogen-bond donors (Lipinski definition) is 7. The van der Waals surface area contributed by atoms with Crippen LogP contribution in [0.3, 0.4) is 0 Å². The van der Waals surface area contributed by atoms with E-state index in [0.29, 0.717) is 46.5 Å². The van der Waals surface area contributed by atoms with E-state index in [0.717, 1.165) is 45.3 Å². The fourth-order valence-corrected chi connectivity index (χ4v) is 8.38. The van der Waals surface area contributed by atoms with E-state index in [1.165, 1.54) is 38.3 Å². The van der Waals surface area contributed by atoms with Crippen molar-refractivity contribution in [3.05, 3.63) is 228 Å². The molecule has 0 fully saturated rings. The van der Waals surface area contributed by atoms with Gasteiger partial charge in [-0.05, 0) is 138 Å². The Hall–Kier alpha value is -11.6. The van der Waals surface area contributed by atoms with Gasteiger partial charge in [0, 0.05) is 16.7 Å². The number of nitrogens with zero attached hydrogens (tertiary/aromatic N) is 3. The van der Waals surface area contributed by atoms with Crippen molar-refractivity contribution < 1.29 is 131 Å². The monoisotopic (exact) mass is 1460 g/mol. The van der Waals surface area contributed by atoms with Crippen LogP contribution in [-0.2, 0) is 51.3 Å². The second kappa shape index (κ2) is 50.7. The van der Waals surface area contributed by atoms with E-state index in [4.69, 9.17) is 43.4 Å². The minimum absolute atomic E-state index is 0. The Morgan fingerprint density at radius 1 is 0.448 bits per heavy atom. The van der Waals surface area contributed by atoms with Crippen molar-refractivity contribution >= 4 is 41.2 Å². The molecule has 10 aromatic rings. The molecular weight excluding hydrogens is 1380 g/mol. The molecule has 0 aliphatic heterocycles. The number of aliphatic hydroxyl groups is 1. The summed E-state index contributed by atoms with van der Waals surface area (Å²) in [7, 11) is 7.82. The van der Waals surface area contributed by atoms with Gasteiger partial charge in [0.05, 0.1) is 115 Å². The van der Waals surface area contributed by atoms with Crippen molar-refractivity contribution in [3.8, 4) is 74.0 Å². The van der Waals surface area contributed by atoms with Crippen LogP contribution in [0.4, 0.5) is 8.78 Å². The van der Waals surface area contributed by atoms with Gasteiger partial charge in [-0.1, -0.05) is 84.9 Å². The molecule has 0 saturated heterocycles. The van der Waals surface area contributed by atoms with E-state index in [-0.39, 0.29) is 92.7 Å². The van der Waals surface area contributed by atoms with E-state index in [9.17, 15) is 42.3 Å². The van der Waals surface area contributed by atoms with Gasteiger partial charge in [0.25, 0.3) is 0 Å². The molecule has 0 saturated carbocycles. The van der Waals surface area contributed by atoms with E-state index in [1.54, 1.807) is 129 Å². The molecule has 0 bridgehead atoms. The van der Waals surface area contributed by atoms with Gasteiger partial charge in [-0.25, -0.2) is 28.0 Å². The molecule has 30 heteroatoms. The Morgan fingerprint density at radius 3 is 1.21 bits per heavy atom. The number of benzene rings is 7. The molecule has 105 heavy (non-hydrogen) atoms. The first kappa shape index (κ1) is 89.5. The first-order valence-electron chi connectivity index (χ1n) is 31.6. The zero-order valence-electron chi connectivity index (χ0n) is 60.9. The van der Waals surface area contributed by atoms with Crippen LogP contribution in [0.1, 0.15) is 85.1 Å². The number of carbonyl (C=O) groups is 7. The molecule has 9 N–H and O–H groups in total. The summed E-state index contributed by atoms with van der Waals surface area (Å²) in [5.41, 5.74) is 7.49. The molecule has 0 unspecified atom stereocenters. The number of methoxy groups -OCH3 is 5. The maximum atomic E-state index is 13.5. The Bertz CT molecular complexity index is 4250. The van der Waals surface area contributed by atoms with Crippen molar-refractivity contribution in [3.63, 3.8) is 0 Å². The van der Waals surface area contributed by atoms with Crippen LogP contribution in [0, 0.1) is 11.6 Å². The van der Waals surface area contributed by atoms with Crippen LogP contribution in [0.15, 0.2) is 188 Å². The summed E-state index contributed by atoms with van der Waals surface area (Å²) in [6.07, 6.45) is -0.515. The molecule has 3 aromatic heterocycles. The molecule has 3 heterocycles. The Labute approximate surface area is 629 Å². The Morgan fingerprint density at radius 2 is 0.810 bits per heavy atom. The van der Waals surface area contributed by atoms with Gasteiger partial charge >= 0.3 is 53.4 Å². The predicted molar refractivity (Wildman–Crippen MR) is 382 cm³/mol. The van der Waals surface area contributed by atoms with Gasteiger partial charge in [-0.3, -0.25) is 41.4 Å². The molecular formula is C75H85F2N8NaO19. The summed E-state index contributed by atoms with van der Waals surface area (Å²) in [6, 6.07) is 53.7. The SMILES string of the molecule is CCOC(=O)C(=O)CC(=O)c1ccccc1OC.CCOC(=O)C(=O)OCC.CCOC(=O)c1cc(-c2ccccc2OC)n[nH]1.COc1ccccc1-c1cc(CO)[nH]n1.COc1ccccc1-c1cc(COc2ccccc2F)[nH]n1.COc1ccccc1C(C)=O.NN.Oc1ccccc1F.[H-].[Na+]. The first-order chi connectivity index (χ1) is 50.3. The number of aromatic hydroxyl groups is 1. The van der Waals surface area contributed by atoms with Crippen molar-refractivity contribution in [2.24, 2.45) is 11.7 Å². The normalized spacial score (nSPS) is 9.59. The van der Waals surface area contributed by atoms with Gasteiger partial charge < -0.3 is 59.0 Å². The number of halogens is 2. The van der Waals surface area contributed by atoms with E-state index < -0.39 is 47.7 Å². The zero-order valence-corrected chi connectivity index (χ0v) is 61.9. The smallest absolute Gasteiger partial charge is 1.00 e. The van der Waals surface area contributed by atoms with Gasteiger partial charge in [-0.15, -0.1) is 0 Å². The number of para-hydroxylation sites is 7. The number of Topliss-reactive ketones (excluding diaryl/α,β-unsaturated/α-hetero) is 3. The third-order valence-corrected chi connectivity index (χ3v) is 13.2. The maximum absolute atomic E-state index is 13.5. The molecule has 7 aromatic carbocycles. The number of H-pyrrole nitrogens is 3. The van der Waals surface area contributed by atoms with E-state index in [1.807, 2.05) is 91.0 Å². The number of esters is 4. The zero-order chi connectivity index (χ0) is 76.8. The largest absolute Gasteiger partial charge is 1.00 e.